The molecule has 0 spiro atoms. The molecule has 21 heavy (non-hydrogen) atoms. The third kappa shape index (κ3) is 1.78. The number of hydrogen-bond donors (Lipinski definition) is 1. The van der Waals surface area contributed by atoms with Gasteiger partial charge in [0.15, 0.2) is 0 Å². The molecule has 0 amide bonds. The number of fused-ring (bicyclic) bond motifs is 2. The van der Waals surface area contributed by atoms with E-state index in [1.54, 1.807) is 0 Å². The summed E-state index contributed by atoms with van der Waals surface area (Å²) in [5.74, 6) is 0.680. The SMILES string of the molecule is O=C(O)C1(c2c3c(c(Cl)c4c2OCCC4)OCCC3)CC1. The first-order valence-corrected chi connectivity index (χ1v) is 7.89. The molecule has 0 radical (unpaired) electrons. The van der Waals surface area contributed by atoms with Crippen molar-refractivity contribution in [2.75, 3.05) is 13.2 Å². The Hall–Kier alpha value is -1.42. The normalized spacial score (nSPS) is 21.6. The zero-order valence-electron chi connectivity index (χ0n) is 11.7. The fraction of sp³-hybridized carbons (Fsp3) is 0.562. The standard InChI is InChI=1S/C16H17ClO4/c17-12-10-4-2-7-20-13(10)11(16(5-6-16)15(18)19)9-3-1-8-21-14(9)12/h1-8H2,(H,18,19). The lowest BCUT2D eigenvalue weighted by Crippen LogP contribution is -2.27. The van der Waals surface area contributed by atoms with Gasteiger partial charge in [-0.05, 0) is 38.5 Å². The van der Waals surface area contributed by atoms with E-state index in [0.29, 0.717) is 36.8 Å². The van der Waals surface area contributed by atoms with Crippen molar-refractivity contribution < 1.29 is 19.4 Å². The second kappa shape index (κ2) is 4.54. The smallest absolute Gasteiger partial charge is 0.314 e. The molecular weight excluding hydrogens is 292 g/mol. The zero-order chi connectivity index (χ0) is 14.6. The van der Waals surface area contributed by atoms with Crippen LogP contribution in [0.1, 0.15) is 42.4 Å². The van der Waals surface area contributed by atoms with Crippen LogP contribution in [0.5, 0.6) is 11.5 Å². The lowest BCUT2D eigenvalue weighted by Gasteiger charge is -2.31. The Bertz CT molecular complexity index is 597. The first-order valence-electron chi connectivity index (χ1n) is 7.52. The van der Waals surface area contributed by atoms with E-state index in [0.717, 1.165) is 48.1 Å². The summed E-state index contributed by atoms with van der Waals surface area (Å²) in [7, 11) is 0. The maximum atomic E-state index is 11.8. The second-order valence-electron chi connectivity index (χ2n) is 6.10. The molecule has 4 rings (SSSR count). The van der Waals surface area contributed by atoms with Crippen LogP contribution >= 0.6 is 11.6 Å². The molecule has 3 aliphatic rings. The molecule has 0 aromatic heterocycles. The minimum atomic E-state index is -0.781. The summed E-state index contributed by atoms with van der Waals surface area (Å²) >= 11 is 6.51. The number of ether oxygens (including phenoxy) is 2. The fourth-order valence-corrected chi connectivity index (χ4v) is 3.94. The summed E-state index contributed by atoms with van der Waals surface area (Å²) in [4.78, 5) is 11.8. The van der Waals surface area contributed by atoms with Gasteiger partial charge < -0.3 is 14.6 Å². The van der Waals surface area contributed by atoms with Crippen molar-refractivity contribution in [1.82, 2.24) is 0 Å². The molecule has 2 aliphatic heterocycles. The summed E-state index contributed by atoms with van der Waals surface area (Å²) in [6, 6.07) is 0. The van der Waals surface area contributed by atoms with Crippen LogP contribution in [-0.4, -0.2) is 24.3 Å². The highest BCUT2D eigenvalue weighted by atomic mass is 35.5. The van der Waals surface area contributed by atoms with E-state index in [-0.39, 0.29) is 0 Å². The monoisotopic (exact) mass is 308 g/mol. The fourth-order valence-electron chi connectivity index (χ4n) is 3.59. The molecule has 4 nitrogen and oxygen atoms in total. The quantitative estimate of drug-likeness (QED) is 0.912. The molecule has 112 valence electrons. The number of aliphatic carboxylic acids is 1. The van der Waals surface area contributed by atoms with Gasteiger partial charge >= 0.3 is 5.97 Å². The molecule has 2 heterocycles. The van der Waals surface area contributed by atoms with Crippen LogP contribution in [0.4, 0.5) is 0 Å². The van der Waals surface area contributed by atoms with Crippen LogP contribution in [0.15, 0.2) is 0 Å². The van der Waals surface area contributed by atoms with Gasteiger partial charge in [0.25, 0.3) is 0 Å². The van der Waals surface area contributed by atoms with Crippen molar-refractivity contribution in [3.8, 4) is 11.5 Å². The van der Waals surface area contributed by atoms with Crippen molar-refractivity contribution in [2.45, 2.75) is 43.9 Å². The maximum absolute atomic E-state index is 11.8. The lowest BCUT2D eigenvalue weighted by atomic mass is 9.84. The predicted octanol–water partition coefficient (Wildman–Crippen LogP) is 3.11. The number of carbonyl (C=O) groups is 1. The van der Waals surface area contributed by atoms with Crippen LogP contribution in [0.25, 0.3) is 0 Å². The van der Waals surface area contributed by atoms with E-state index in [9.17, 15) is 9.90 Å². The van der Waals surface area contributed by atoms with Gasteiger partial charge in [-0.1, -0.05) is 11.6 Å². The van der Waals surface area contributed by atoms with Crippen molar-refractivity contribution in [3.05, 3.63) is 21.7 Å². The Balaban J connectivity index is 2.02. The van der Waals surface area contributed by atoms with Gasteiger partial charge in [-0.25, -0.2) is 0 Å². The summed E-state index contributed by atoms with van der Waals surface area (Å²) in [5, 5.41) is 10.3. The van der Waals surface area contributed by atoms with Crippen LogP contribution in [0.2, 0.25) is 5.02 Å². The molecule has 1 N–H and O–H groups in total. The largest absolute Gasteiger partial charge is 0.493 e. The Labute approximate surface area is 128 Å². The number of halogens is 1. The van der Waals surface area contributed by atoms with Crippen molar-refractivity contribution in [1.29, 1.82) is 0 Å². The number of hydrogen-bond acceptors (Lipinski definition) is 3. The Kier molecular flexibility index (Phi) is 2.86. The minimum Gasteiger partial charge on any atom is -0.493 e. The molecule has 1 aromatic carbocycles. The van der Waals surface area contributed by atoms with Gasteiger partial charge in [0.05, 0.1) is 23.7 Å². The van der Waals surface area contributed by atoms with Crippen LogP contribution in [0.3, 0.4) is 0 Å². The lowest BCUT2D eigenvalue weighted by molar-refractivity contribution is -0.140. The Morgan fingerprint density at radius 3 is 2.29 bits per heavy atom. The number of carboxylic acid groups (broad SMARTS) is 1. The topological polar surface area (TPSA) is 55.8 Å². The highest BCUT2D eigenvalue weighted by molar-refractivity contribution is 6.33. The molecule has 5 heteroatoms. The predicted molar refractivity (Wildman–Crippen MR) is 77.6 cm³/mol. The molecule has 1 aliphatic carbocycles. The number of rotatable bonds is 2. The van der Waals surface area contributed by atoms with Gasteiger partial charge in [0, 0.05) is 16.7 Å². The van der Waals surface area contributed by atoms with Crippen LogP contribution < -0.4 is 9.47 Å². The second-order valence-corrected chi connectivity index (χ2v) is 6.47. The molecule has 1 aromatic rings. The Morgan fingerprint density at radius 1 is 1.05 bits per heavy atom. The van der Waals surface area contributed by atoms with E-state index in [1.165, 1.54) is 0 Å². The van der Waals surface area contributed by atoms with E-state index in [1.807, 2.05) is 0 Å². The summed E-state index contributed by atoms with van der Waals surface area (Å²) in [6.07, 6.45) is 4.79. The van der Waals surface area contributed by atoms with Gasteiger partial charge in [0.1, 0.15) is 11.5 Å². The molecular formula is C16H17ClO4. The van der Waals surface area contributed by atoms with Gasteiger partial charge in [-0.15, -0.1) is 0 Å². The van der Waals surface area contributed by atoms with Crippen molar-refractivity contribution >= 4 is 17.6 Å². The number of carboxylic acids is 1. The van der Waals surface area contributed by atoms with Crippen LogP contribution in [0, 0.1) is 0 Å². The molecule has 0 saturated heterocycles. The molecule has 0 bridgehead atoms. The Morgan fingerprint density at radius 2 is 1.67 bits per heavy atom. The third-order valence-electron chi connectivity index (χ3n) is 4.81. The van der Waals surface area contributed by atoms with E-state index < -0.39 is 11.4 Å². The first kappa shape index (κ1) is 13.3. The van der Waals surface area contributed by atoms with Crippen molar-refractivity contribution in [3.63, 3.8) is 0 Å². The average Bonchev–Trinajstić information content (AvgIpc) is 3.29. The minimum absolute atomic E-state index is 0.629. The van der Waals surface area contributed by atoms with Crippen molar-refractivity contribution in [2.24, 2.45) is 0 Å². The third-order valence-corrected chi connectivity index (χ3v) is 5.21. The summed E-state index contributed by atoms with van der Waals surface area (Å²) < 4.78 is 11.7. The highest BCUT2D eigenvalue weighted by Crippen LogP contribution is 2.58. The molecule has 0 unspecified atom stereocenters. The zero-order valence-corrected chi connectivity index (χ0v) is 12.5. The van der Waals surface area contributed by atoms with E-state index in [2.05, 4.69) is 0 Å². The maximum Gasteiger partial charge on any atom is 0.314 e. The molecule has 0 atom stereocenters. The summed E-state index contributed by atoms with van der Waals surface area (Å²) in [5.41, 5.74) is 1.97. The molecule has 1 fully saturated rings. The molecule has 1 saturated carbocycles. The van der Waals surface area contributed by atoms with Crippen LogP contribution in [-0.2, 0) is 23.1 Å². The van der Waals surface area contributed by atoms with Gasteiger partial charge in [0.2, 0.25) is 0 Å². The highest BCUT2D eigenvalue weighted by Gasteiger charge is 2.56. The summed E-state index contributed by atoms with van der Waals surface area (Å²) in [6.45, 7) is 1.28. The van der Waals surface area contributed by atoms with Gasteiger partial charge in [-0.2, -0.15) is 0 Å². The number of benzene rings is 1. The average molecular weight is 309 g/mol. The van der Waals surface area contributed by atoms with Gasteiger partial charge in [-0.3, -0.25) is 4.79 Å². The van der Waals surface area contributed by atoms with E-state index in [4.69, 9.17) is 21.1 Å². The first-order chi connectivity index (χ1) is 10.1. The van der Waals surface area contributed by atoms with E-state index >= 15 is 0 Å².